The molecule has 0 saturated heterocycles. The molecule has 0 fully saturated rings. The summed E-state index contributed by atoms with van der Waals surface area (Å²) in [5, 5.41) is 0. The van der Waals surface area contributed by atoms with E-state index in [-0.39, 0.29) is 5.54 Å². The molecule has 0 aromatic carbocycles. The zero-order valence-electron chi connectivity index (χ0n) is 8.87. The van der Waals surface area contributed by atoms with Crippen molar-refractivity contribution in [3.05, 3.63) is 28.5 Å². The highest BCUT2D eigenvalue weighted by atomic mass is 79.9. The van der Waals surface area contributed by atoms with Crippen LogP contribution in [0.4, 0.5) is 0 Å². The molecule has 1 heterocycles. The molecule has 3 nitrogen and oxygen atoms in total. The Labute approximate surface area is 101 Å². The third kappa shape index (κ3) is 5.39. The average molecular weight is 291 g/mol. The van der Waals surface area contributed by atoms with Gasteiger partial charge in [0.25, 0.3) is 0 Å². The lowest BCUT2D eigenvalue weighted by Gasteiger charge is -2.17. The number of rotatable bonds is 4. The third-order valence-corrected chi connectivity index (χ3v) is 3.78. The number of hydrogen-bond donors (Lipinski definition) is 1. The van der Waals surface area contributed by atoms with E-state index in [4.69, 9.17) is 5.73 Å². The van der Waals surface area contributed by atoms with Crippen LogP contribution in [-0.4, -0.2) is 20.5 Å². The summed E-state index contributed by atoms with van der Waals surface area (Å²) in [7, 11) is -0.935. The molecule has 0 bridgehead atoms. The molecule has 5 heteroatoms. The summed E-state index contributed by atoms with van der Waals surface area (Å²) in [5.41, 5.74) is 6.38. The summed E-state index contributed by atoms with van der Waals surface area (Å²) in [6.07, 6.45) is 3.44. The van der Waals surface area contributed by atoms with Crippen molar-refractivity contribution in [1.29, 1.82) is 0 Å². The van der Waals surface area contributed by atoms with Crippen molar-refractivity contribution >= 4 is 26.7 Å². The summed E-state index contributed by atoms with van der Waals surface area (Å²) in [5.74, 6) is 1.01. The minimum absolute atomic E-state index is 0.385. The van der Waals surface area contributed by atoms with E-state index in [1.807, 2.05) is 19.9 Å². The predicted octanol–water partition coefficient (Wildman–Crippen LogP) is 1.83. The summed E-state index contributed by atoms with van der Waals surface area (Å²) in [4.78, 5) is 4.02. The first-order valence-corrected chi connectivity index (χ1v) is 6.88. The maximum absolute atomic E-state index is 11.7. The van der Waals surface area contributed by atoms with Gasteiger partial charge in [-0.15, -0.1) is 0 Å². The Bertz CT molecular complexity index is 363. The average Bonchev–Trinajstić information content (AvgIpc) is 1.99. The van der Waals surface area contributed by atoms with Gasteiger partial charge in [0.1, 0.15) is 0 Å². The molecule has 0 radical (unpaired) electrons. The van der Waals surface area contributed by atoms with Gasteiger partial charge < -0.3 is 5.73 Å². The molecule has 0 aliphatic heterocycles. The molecule has 1 aromatic rings. The van der Waals surface area contributed by atoms with Crippen molar-refractivity contribution < 1.29 is 4.21 Å². The zero-order chi connectivity index (χ0) is 11.5. The summed E-state index contributed by atoms with van der Waals surface area (Å²) < 4.78 is 12.6. The molecular formula is C10H15BrN2OS. The number of pyridine rings is 1. The van der Waals surface area contributed by atoms with Crippen molar-refractivity contribution in [3.63, 3.8) is 0 Å². The van der Waals surface area contributed by atoms with E-state index >= 15 is 0 Å². The van der Waals surface area contributed by atoms with Gasteiger partial charge in [0, 0.05) is 39.0 Å². The van der Waals surface area contributed by atoms with E-state index in [2.05, 4.69) is 20.9 Å². The highest BCUT2D eigenvalue weighted by molar-refractivity contribution is 9.10. The zero-order valence-corrected chi connectivity index (χ0v) is 11.3. The highest BCUT2D eigenvalue weighted by Crippen LogP contribution is 2.12. The van der Waals surface area contributed by atoms with Crippen LogP contribution in [0.3, 0.4) is 0 Å². The first-order valence-electron chi connectivity index (χ1n) is 4.60. The minimum Gasteiger partial charge on any atom is -0.325 e. The molecule has 0 aliphatic rings. The summed E-state index contributed by atoms with van der Waals surface area (Å²) in [6, 6.07) is 1.93. The van der Waals surface area contributed by atoms with Crippen molar-refractivity contribution in [2.45, 2.75) is 25.1 Å². The predicted molar refractivity (Wildman–Crippen MR) is 66.9 cm³/mol. The smallest absolute Gasteiger partial charge is 0.0502 e. The third-order valence-electron chi connectivity index (χ3n) is 1.62. The van der Waals surface area contributed by atoms with Crippen LogP contribution >= 0.6 is 15.9 Å². The van der Waals surface area contributed by atoms with Crippen molar-refractivity contribution in [3.8, 4) is 0 Å². The van der Waals surface area contributed by atoms with Gasteiger partial charge in [0.15, 0.2) is 0 Å². The van der Waals surface area contributed by atoms with E-state index in [9.17, 15) is 4.21 Å². The largest absolute Gasteiger partial charge is 0.325 e. The Balaban J connectivity index is 2.59. The van der Waals surface area contributed by atoms with E-state index in [0.717, 1.165) is 10.0 Å². The molecule has 1 rings (SSSR count). The number of hydrogen-bond acceptors (Lipinski definition) is 3. The normalized spacial score (nSPS) is 13.9. The van der Waals surface area contributed by atoms with Gasteiger partial charge in [-0.05, 0) is 41.4 Å². The summed E-state index contributed by atoms with van der Waals surface area (Å²) in [6.45, 7) is 3.76. The van der Waals surface area contributed by atoms with Crippen LogP contribution in [-0.2, 0) is 16.6 Å². The molecule has 0 saturated carbocycles. The van der Waals surface area contributed by atoms with Crippen LogP contribution in [0, 0.1) is 0 Å². The fourth-order valence-corrected chi connectivity index (χ4v) is 3.06. The SMILES string of the molecule is CC(C)(N)CS(=O)Cc1cncc(Br)c1. The molecule has 0 amide bonds. The maximum atomic E-state index is 11.7. The summed E-state index contributed by atoms with van der Waals surface area (Å²) >= 11 is 3.33. The van der Waals surface area contributed by atoms with Crippen LogP contribution in [0.25, 0.3) is 0 Å². The van der Waals surface area contributed by atoms with Crippen LogP contribution in [0.5, 0.6) is 0 Å². The minimum atomic E-state index is -0.935. The van der Waals surface area contributed by atoms with Crippen LogP contribution in [0.2, 0.25) is 0 Å². The lowest BCUT2D eigenvalue weighted by molar-refractivity contribution is 0.577. The lowest BCUT2D eigenvalue weighted by atomic mass is 10.1. The second kappa shape index (κ2) is 5.18. The second-order valence-corrected chi connectivity index (χ2v) is 6.60. The number of nitrogens with two attached hydrogens (primary N) is 1. The standard InChI is InChI=1S/C10H15BrN2OS/c1-10(2,12)7-15(14)6-8-3-9(11)5-13-4-8/h3-5H,6-7,12H2,1-2H3. The molecular weight excluding hydrogens is 276 g/mol. The van der Waals surface area contributed by atoms with E-state index in [0.29, 0.717) is 11.5 Å². The van der Waals surface area contributed by atoms with Gasteiger partial charge >= 0.3 is 0 Å². The van der Waals surface area contributed by atoms with Crippen molar-refractivity contribution in [2.75, 3.05) is 5.75 Å². The quantitative estimate of drug-likeness (QED) is 0.920. The Morgan fingerprint density at radius 2 is 2.20 bits per heavy atom. The van der Waals surface area contributed by atoms with Crippen molar-refractivity contribution in [1.82, 2.24) is 4.98 Å². The molecule has 2 N–H and O–H groups in total. The maximum Gasteiger partial charge on any atom is 0.0502 e. The van der Waals surface area contributed by atoms with Crippen molar-refractivity contribution in [2.24, 2.45) is 5.73 Å². The van der Waals surface area contributed by atoms with Gasteiger partial charge in [0.2, 0.25) is 0 Å². The molecule has 1 atom stereocenters. The highest BCUT2D eigenvalue weighted by Gasteiger charge is 2.15. The Hall–Kier alpha value is -0.260. The number of aromatic nitrogens is 1. The van der Waals surface area contributed by atoms with Gasteiger partial charge in [-0.3, -0.25) is 9.19 Å². The van der Waals surface area contributed by atoms with E-state index in [1.54, 1.807) is 12.4 Å². The fraction of sp³-hybridized carbons (Fsp3) is 0.500. The molecule has 1 unspecified atom stereocenters. The molecule has 0 spiro atoms. The molecule has 0 aliphatic carbocycles. The van der Waals surface area contributed by atoms with Gasteiger partial charge in [0.05, 0.1) is 5.75 Å². The Morgan fingerprint density at radius 1 is 1.53 bits per heavy atom. The first-order chi connectivity index (χ1) is 6.87. The second-order valence-electron chi connectivity index (χ2n) is 4.23. The Morgan fingerprint density at radius 3 is 2.73 bits per heavy atom. The Kier molecular flexibility index (Phi) is 4.43. The fourth-order valence-electron chi connectivity index (χ4n) is 1.19. The van der Waals surface area contributed by atoms with E-state index < -0.39 is 10.8 Å². The first kappa shape index (κ1) is 12.8. The molecule has 1 aromatic heterocycles. The van der Waals surface area contributed by atoms with E-state index in [1.165, 1.54) is 0 Å². The van der Waals surface area contributed by atoms with Gasteiger partial charge in [-0.1, -0.05) is 0 Å². The number of halogens is 1. The van der Waals surface area contributed by atoms with Crippen LogP contribution < -0.4 is 5.73 Å². The van der Waals surface area contributed by atoms with Crippen LogP contribution in [0.15, 0.2) is 22.9 Å². The number of nitrogens with zero attached hydrogens (tertiary/aromatic N) is 1. The lowest BCUT2D eigenvalue weighted by Crippen LogP contribution is -2.38. The monoisotopic (exact) mass is 290 g/mol. The van der Waals surface area contributed by atoms with Crippen LogP contribution in [0.1, 0.15) is 19.4 Å². The van der Waals surface area contributed by atoms with Gasteiger partial charge in [-0.2, -0.15) is 0 Å². The van der Waals surface area contributed by atoms with Gasteiger partial charge in [-0.25, -0.2) is 0 Å². The topological polar surface area (TPSA) is 56.0 Å². The molecule has 84 valence electrons. The molecule has 15 heavy (non-hydrogen) atoms.